The summed E-state index contributed by atoms with van der Waals surface area (Å²) >= 11 is 3.28. The highest BCUT2D eigenvalue weighted by Gasteiger charge is 2.30. The largest absolute Gasteiger partial charge is 0.573 e. The minimum absolute atomic E-state index is 0.274. The highest BCUT2D eigenvalue weighted by Crippen LogP contribution is 2.27. The van der Waals surface area contributed by atoms with E-state index in [1.165, 1.54) is 16.6 Å². The monoisotopic (exact) mass is 373 g/mol. The molecule has 1 aromatic carbocycles. The van der Waals surface area contributed by atoms with E-state index in [1.807, 2.05) is 0 Å². The van der Waals surface area contributed by atoms with Gasteiger partial charge < -0.3 is 9.47 Å². The maximum absolute atomic E-state index is 12.1. The Morgan fingerprint density at radius 1 is 1.00 bits per heavy atom. The zero-order valence-corrected chi connectivity index (χ0v) is 12.3. The van der Waals surface area contributed by atoms with Gasteiger partial charge in [-0.1, -0.05) is 0 Å². The molecular weight excluding hydrogens is 367 g/mol. The van der Waals surface area contributed by atoms with Crippen LogP contribution in [0.5, 0.6) is 17.4 Å². The van der Waals surface area contributed by atoms with Crippen molar-refractivity contribution in [1.82, 2.24) is 14.6 Å². The molecular formula is C13H7BrF3N3O2. The quantitative estimate of drug-likeness (QED) is 0.690. The third-order valence-corrected chi connectivity index (χ3v) is 3.12. The van der Waals surface area contributed by atoms with Crippen molar-refractivity contribution in [3.8, 4) is 17.4 Å². The Balaban J connectivity index is 1.78. The maximum atomic E-state index is 12.1. The van der Waals surface area contributed by atoms with Crippen LogP contribution in [0.4, 0.5) is 13.2 Å². The normalized spacial score (nSPS) is 11.6. The zero-order valence-electron chi connectivity index (χ0n) is 10.7. The molecule has 2 heterocycles. The van der Waals surface area contributed by atoms with Crippen molar-refractivity contribution in [1.29, 1.82) is 0 Å². The molecule has 0 saturated heterocycles. The van der Waals surface area contributed by atoms with Crippen LogP contribution in [0.25, 0.3) is 5.65 Å². The van der Waals surface area contributed by atoms with Gasteiger partial charge in [-0.05, 0) is 46.3 Å². The van der Waals surface area contributed by atoms with Crippen LogP contribution in [0.3, 0.4) is 0 Å². The fraction of sp³-hybridized carbons (Fsp3) is 0.0769. The van der Waals surface area contributed by atoms with E-state index in [0.717, 1.165) is 12.1 Å². The smallest absolute Gasteiger partial charge is 0.438 e. The second-order valence-electron chi connectivity index (χ2n) is 4.14. The van der Waals surface area contributed by atoms with Crippen molar-refractivity contribution in [2.45, 2.75) is 6.36 Å². The number of hydrogen-bond donors (Lipinski definition) is 0. The van der Waals surface area contributed by atoms with Crippen LogP contribution in [0.2, 0.25) is 0 Å². The van der Waals surface area contributed by atoms with E-state index in [0.29, 0.717) is 16.0 Å². The van der Waals surface area contributed by atoms with Gasteiger partial charge in [-0.2, -0.15) is 0 Å². The predicted molar refractivity (Wildman–Crippen MR) is 73.9 cm³/mol. The molecule has 3 aromatic rings. The van der Waals surface area contributed by atoms with E-state index < -0.39 is 6.36 Å². The van der Waals surface area contributed by atoms with Gasteiger partial charge in [0.2, 0.25) is 5.88 Å². The number of fused-ring (bicyclic) bond motifs is 1. The van der Waals surface area contributed by atoms with Gasteiger partial charge in [-0.15, -0.1) is 18.3 Å². The molecule has 0 amide bonds. The van der Waals surface area contributed by atoms with Crippen molar-refractivity contribution in [2.75, 3.05) is 0 Å². The lowest BCUT2D eigenvalue weighted by atomic mass is 10.3. The molecule has 22 heavy (non-hydrogen) atoms. The van der Waals surface area contributed by atoms with E-state index in [2.05, 4.69) is 30.7 Å². The van der Waals surface area contributed by atoms with Crippen LogP contribution in [0.1, 0.15) is 0 Å². The number of halogens is 4. The highest BCUT2D eigenvalue weighted by atomic mass is 79.9. The van der Waals surface area contributed by atoms with E-state index in [9.17, 15) is 13.2 Å². The van der Waals surface area contributed by atoms with Crippen molar-refractivity contribution in [3.05, 3.63) is 47.2 Å². The topological polar surface area (TPSA) is 48.7 Å². The third-order valence-electron chi connectivity index (χ3n) is 2.58. The molecule has 0 saturated carbocycles. The molecule has 5 nitrogen and oxygen atoms in total. The lowest BCUT2D eigenvalue weighted by Crippen LogP contribution is -2.16. The zero-order chi connectivity index (χ0) is 15.7. The summed E-state index contributed by atoms with van der Waals surface area (Å²) in [6.07, 6.45) is -3.13. The summed E-state index contributed by atoms with van der Waals surface area (Å²) in [7, 11) is 0. The summed E-state index contributed by atoms with van der Waals surface area (Å²) in [6.45, 7) is 0. The summed E-state index contributed by atoms with van der Waals surface area (Å²) in [5.74, 6) is 0.286. The van der Waals surface area contributed by atoms with E-state index in [1.54, 1.807) is 18.3 Å². The van der Waals surface area contributed by atoms with E-state index >= 15 is 0 Å². The lowest BCUT2D eigenvalue weighted by Gasteiger charge is -2.09. The van der Waals surface area contributed by atoms with Crippen LogP contribution in [-0.2, 0) is 0 Å². The van der Waals surface area contributed by atoms with Gasteiger partial charge in [0.15, 0.2) is 5.65 Å². The van der Waals surface area contributed by atoms with E-state index in [-0.39, 0.29) is 11.6 Å². The second kappa shape index (κ2) is 5.48. The van der Waals surface area contributed by atoms with Gasteiger partial charge in [0, 0.05) is 6.07 Å². The standard InChI is InChI=1S/C13H7BrF3N3O2/c14-10-7-18-11-5-6-12(19-20(10)11)21-8-1-3-9(4-2-8)22-13(15,16)17/h1-7H. The highest BCUT2D eigenvalue weighted by molar-refractivity contribution is 9.10. The van der Waals surface area contributed by atoms with Gasteiger partial charge in [0.05, 0.1) is 6.20 Å². The van der Waals surface area contributed by atoms with Crippen LogP contribution in [0.15, 0.2) is 47.2 Å². The molecule has 114 valence electrons. The summed E-state index contributed by atoms with van der Waals surface area (Å²) in [4.78, 5) is 4.09. The van der Waals surface area contributed by atoms with Crippen LogP contribution >= 0.6 is 15.9 Å². The first kappa shape index (κ1) is 14.6. The van der Waals surface area contributed by atoms with Crippen LogP contribution in [0, 0.1) is 0 Å². The van der Waals surface area contributed by atoms with Crippen LogP contribution in [-0.4, -0.2) is 21.0 Å². The number of imidazole rings is 1. The van der Waals surface area contributed by atoms with Crippen molar-refractivity contribution >= 4 is 21.6 Å². The Hall–Kier alpha value is -2.29. The van der Waals surface area contributed by atoms with Gasteiger partial charge in [-0.3, -0.25) is 0 Å². The maximum Gasteiger partial charge on any atom is 0.573 e. The number of alkyl halides is 3. The van der Waals surface area contributed by atoms with Crippen LogP contribution < -0.4 is 9.47 Å². The molecule has 3 rings (SSSR count). The minimum Gasteiger partial charge on any atom is -0.438 e. The summed E-state index contributed by atoms with van der Waals surface area (Å²) in [5, 5.41) is 4.19. The van der Waals surface area contributed by atoms with Gasteiger partial charge in [0.1, 0.15) is 16.1 Å². The van der Waals surface area contributed by atoms with Crippen molar-refractivity contribution in [2.24, 2.45) is 0 Å². The molecule has 0 atom stereocenters. The predicted octanol–water partition coefficient (Wildman–Crippen LogP) is 4.18. The fourth-order valence-electron chi connectivity index (χ4n) is 1.71. The SMILES string of the molecule is FC(F)(F)Oc1ccc(Oc2ccc3ncc(Br)n3n2)cc1. The Labute approximate surface area is 130 Å². The molecule has 0 fully saturated rings. The number of benzene rings is 1. The van der Waals surface area contributed by atoms with Crippen molar-refractivity contribution < 1.29 is 22.6 Å². The summed E-state index contributed by atoms with van der Waals surface area (Å²) in [5.41, 5.74) is 0.633. The molecule has 0 aliphatic carbocycles. The molecule has 0 N–H and O–H groups in total. The summed E-state index contributed by atoms with van der Waals surface area (Å²) < 4.78 is 47.6. The number of hydrogen-bond acceptors (Lipinski definition) is 4. The van der Waals surface area contributed by atoms with Gasteiger partial charge in [0.25, 0.3) is 0 Å². The second-order valence-corrected chi connectivity index (χ2v) is 4.96. The van der Waals surface area contributed by atoms with Crippen molar-refractivity contribution in [3.63, 3.8) is 0 Å². The first-order valence-electron chi connectivity index (χ1n) is 5.95. The molecule has 0 aliphatic heterocycles. The van der Waals surface area contributed by atoms with Gasteiger partial charge >= 0.3 is 6.36 Å². The molecule has 0 unspecified atom stereocenters. The molecule has 0 spiro atoms. The lowest BCUT2D eigenvalue weighted by molar-refractivity contribution is -0.274. The first-order chi connectivity index (χ1) is 10.4. The van der Waals surface area contributed by atoms with Gasteiger partial charge in [-0.25, -0.2) is 9.50 Å². The Kier molecular flexibility index (Phi) is 3.65. The number of ether oxygens (including phenoxy) is 2. The van der Waals surface area contributed by atoms with E-state index in [4.69, 9.17) is 4.74 Å². The molecule has 0 bridgehead atoms. The molecule has 2 aromatic heterocycles. The fourth-order valence-corrected chi connectivity index (χ4v) is 2.08. The number of rotatable bonds is 3. The molecule has 9 heteroatoms. The number of aromatic nitrogens is 3. The first-order valence-corrected chi connectivity index (χ1v) is 6.74. The average Bonchev–Trinajstić information content (AvgIpc) is 2.81. The molecule has 0 aliphatic rings. The molecule has 0 radical (unpaired) electrons. The summed E-state index contributed by atoms with van der Waals surface area (Å²) in [6, 6.07) is 8.35. The Bertz CT molecular complexity index is 802. The third kappa shape index (κ3) is 3.30. The number of nitrogens with zero attached hydrogens (tertiary/aromatic N) is 3. The Morgan fingerprint density at radius 2 is 1.68 bits per heavy atom. The Morgan fingerprint density at radius 3 is 2.36 bits per heavy atom. The minimum atomic E-state index is -4.72. The average molecular weight is 374 g/mol.